The minimum Gasteiger partial charge on any atom is -0.490 e. The summed E-state index contributed by atoms with van der Waals surface area (Å²) >= 11 is 16.7. The Labute approximate surface area is 242 Å². The fourth-order valence-electron chi connectivity index (χ4n) is 3.56. The van der Waals surface area contributed by atoms with Gasteiger partial charge >= 0.3 is 0 Å². The number of anilines is 1. The lowest BCUT2D eigenvalue weighted by Gasteiger charge is -2.15. The van der Waals surface area contributed by atoms with Gasteiger partial charge in [-0.2, -0.15) is 0 Å². The van der Waals surface area contributed by atoms with Crippen LogP contribution in [0.1, 0.15) is 18.1 Å². The van der Waals surface area contributed by atoms with Gasteiger partial charge in [0.25, 0.3) is 17.1 Å². The summed E-state index contributed by atoms with van der Waals surface area (Å²) in [5.41, 5.74) is 1.76. The zero-order valence-electron chi connectivity index (χ0n) is 20.0. The largest absolute Gasteiger partial charge is 0.490 e. The molecular weight excluding hydrogens is 615 g/mol. The van der Waals surface area contributed by atoms with Crippen molar-refractivity contribution in [2.45, 2.75) is 13.5 Å². The number of amides is 3. The van der Waals surface area contributed by atoms with E-state index in [-0.39, 0.29) is 24.0 Å². The molecule has 196 valence electrons. The molecule has 1 fully saturated rings. The molecule has 4 rings (SSSR count). The van der Waals surface area contributed by atoms with Crippen LogP contribution >= 0.6 is 50.9 Å². The molecule has 1 heterocycles. The van der Waals surface area contributed by atoms with Crippen LogP contribution in [0.5, 0.6) is 11.5 Å². The first kappa shape index (κ1) is 28.0. The van der Waals surface area contributed by atoms with Crippen LogP contribution in [0.2, 0.25) is 10.0 Å². The summed E-state index contributed by atoms with van der Waals surface area (Å²) in [5, 5.41) is 3.08. The normalized spacial score (nSPS) is 14.2. The van der Waals surface area contributed by atoms with Crippen molar-refractivity contribution in [2.24, 2.45) is 0 Å². The third kappa shape index (κ3) is 6.71. The Hall–Kier alpha value is -2.98. The Morgan fingerprint density at radius 1 is 1.05 bits per heavy atom. The first-order valence-corrected chi connectivity index (χ1v) is 13.8. The Kier molecular flexibility index (Phi) is 9.38. The monoisotopic (exact) mass is 634 g/mol. The van der Waals surface area contributed by atoms with Gasteiger partial charge in [0.2, 0.25) is 0 Å². The van der Waals surface area contributed by atoms with E-state index in [1.165, 1.54) is 0 Å². The Morgan fingerprint density at radius 3 is 2.45 bits per heavy atom. The van der Waals surface area contributed by atoms with Crippen LogP contribution in [-0.2, 0) is 16.1 Å². The van der Waals surface area contributed by atoms with Gasteiger partial charge in [0.05, 0.1) is 22.5 Å². The van der Waals surface area contributed by atoms with Gasteiger partial charge in [-0.1, -0.05) is 47.5 Å². The molecule has 0 atom stereocenters. The van der Waals surface area contributed by atoms with Gasteiger partial charge in [-0.15, -0.1) is 0 Å². The zero-order chi connectivity index (χ0) is 27.2. The molecule has 0 bridgehead atoms. The number of para-hydroxylation sites is 1. The number of halogens is 3. The number of ether oxygens (including phenoxy) is 2. The predicted molar refractivity (Wildman–Crippen MR) is 154 cm³/mol. The summed E-state index contributed by atoms with van der Waals surface area (Å²) in [4.78, 5) is 39.4. The number of thioether (sulfide) groups is 1. The summed E-state index contributed by atoms with van der Waals surface area (Å²) in [6, 6.07) is 17.4. The van der Waals surface area contributed by atoms with E-state index in [1.54, 1.807) is 48.5 Å². The van der Waals surface area contributed by atoms with E-state index in [0.717, 1.165) is 16.7 Å². The van der Waals surface area contributed by atoms with E-state index in [2.05, 4.69) is 21.2 Å². The topological polar surface area (TPSA) is 84.9 Å². The van der Waals surface area contributed by atoms with Gasteiger partial charge in [0, 0.05) is 21.3 Å². The van der Waals surface area contributed by atoms with Gasteiger partial charge in [0.15, 0.2) is 18.1 Å². The van der Waals surface area contributed by atoms with E-state index in [4.69, 9.17) is 32.7 Å². The zero-order valence-corrected chi connectivity index (χ0v) is 23.9. The number of rotatable bonds is 9. The molecule has 1 saturated heterocycles. The molecule has 0 aromatic heterocycles. The highest BCUT2D eigenvalue weighted by molar-refractivity contribution is 9.10. The number of carbonyl (C=O) groups is 3. The maximum atomic E-state index is 13.1. The highest BCUT2D eigenvalue weighted by atomic mass is 79.9. The van der Waals surface area contributed by atoms with Gasteiger partial charge in [-0.3, -0.25) is 19.3 Å². The third-order valence-electron chi connectivity index (χ3n) is 5.29. The van der Waals surface area contributed by atoms with E-state index in [9.17, 15) is 14.4 Å². The molecule has 0 spiro atoms. The number of hydrogen-bond acceptors (Lipinski definition) is 6. The second kappa shape index (κ2) is 12.7. The highest BCUT2D eigenvalue weighted by Gasteiger charge is 2.36. The molecule has 1 N–H and O–H groups in total. The molecular formula is C27H21BrCl2N2O5S. The predicted octanol–water partition coefficient (Wildman–Crippen LogP) is 7.41. The fourth-order valence-corrected chi connectivity index (χ4v) is 5.49. The summed E-state index contributed by atoms with van der Waals surface area (Å²) < 4.78 is 12.0. The molecule has 0 saturated carbocycles. The average Bonchev–Trinajstić information content (AvgIpc) is 3.13. The van der Waals surface area contributed by atoms with Crippen LogP contribution in [0, 0.1) is 0 Å². The first-order valence-electron chi connectivity index (χ1n) is 11.4. The van der Waals surface area contributed by atoms with Gasteiger partial charge < -0.3 is 14.8 Å². The van der Waals surface area contributed by atoms with Crippen molar-refractivity contribution in [1.82, 2.24) is 4.90 Å². The van der Waals surface area contributed by atoms with Crippen LogP contribution < -0.4 is 14.8 Å². The lowest BCUT2D eigenvalue weighted by molar-refractivity contribution is -0.123. The molecule has 1 aliphatic rings. The lowest BCUT2D eigenvalue weighted by atomic mass is 10.1. The highest BCUT2D eigenvalue weighted by Crippen LogP contribution is 2.40. The van der Waals surface area contributed by atoms with Crippen LogP contribution in [0.3, 0.4) is 0 Å². The molecule has 0 aliphatic carbocycles. The summed E-state index contributed by atoms with van der Waals surface area (Å²) in [7, 11) is 0. The van der Waals surface area contributed by atoms with Gasteiger partial charge in [0.1, 0.15) is 0 Å². The average molecular weight is 636 g/mol. The second-order valence-electron chi connectivity index (χ2n) is 7.93. The molecule has 1 aliphatic heterocycles. The number of nitrogens with one attached hydrogen (secondary N) is 1. The molecule has 38 heavy (non-hydrogen) atoms. The number of benzene rings is 3. The van der Waals surface area contributed by atoms with Crippen molar-refractivity contribution < 1.29 is 23.9 Å². The van der Waals surface area contributed by atoms with E-state index in [0.29, 0.717) is 49.4 Å². The van der Waals surface area contributed by atoms with Crippen LogP contribution in [0.25, 0.3) is 6.08 Å². The molecule has 3 amide bonds. The smallest absolute Gasteiger partial charge is 0.293 e. The summed E-state index contributed by atoms with van der Waals surface area (Å²) in [6.07, 6.45) is 1.60. The van der Waals surface area contributed by atoms with Crippen molar-refractivity contribution in [2.75, 3.05) is 18.5 Å². The maximum Gasteiger partial charge on any atom is 0.293 e. The summed E-state index contributed by atoms with van der Waals surface area (Å²) in [6.45, 7) is 1.89. The SMILES string of the molecule is CCOc1cc(/C=C2\SC(=O)N(Cc3c(Cl)cccc3Cl)C2=O)cc(Br)c1OCC(=O)Nc1ccccc1. The Bertz CT molecular complexity index is 1400. The first-order chi connectivity index (χ1) is 18.3. The number of hydrogen-bond donors (Lipinski definition) is 1. The van der Waals surface area contributed by atoms with E-state index >= 15 is 0 Å². The number of carbonyl (C=O) groups excluding carboxylic acids is 3. The van der Waals surface area contributed by atoms with Gasteiger partial charge in [-0.25, -0.2) is 0 Å². The molecule has 7 nitrogen and oxygen atoms in total. The Morgan fingerprint density at radius 2 is 1.76 bits per heavy atom. The quantitative estimate of drug-likeness (QED) is 0.247. The Balaban J connectivity index is 1.51. The van der Waals surface area contributed by atoms with Crippen LogP contribution in [-0.4, -0.2) is 35.2 Å². The summed E-state index contributed by atoms with van der Waals surface area (Å²) in [5.74, 6) is -0.0682. The molecule has 0 unspecified atom stereocenters. The van der Waals surface area contributed by atoms with Crippen LogP contribution in [0.15, 0.2) is 70.0 Å². The van der Waals surface area contributed by atoms with Crippen molar-refractivity contribution in [3.05, 3.63) is 91.2 Å². The van der Waals surface area contributed by atoms with Crippen molar-refractivity contribution in [3.63, 3.8) is 0 Å². The third-order valence-corrected chi connectivity index (χ3v) is 7.49. The van der Waals surface area contributed by atoms with Crippen molar-refractivity contribution in [1.29, 1.82) is 0 Å². The molecule has 3 aromatic rings. The number of imide groups is 1. The number of nitrogens with zero attached hydrogens (tertiary/aromatic N) is 1. The standard InChI is InChI=1S/C27H21BrCl2N2O5S/c1-2-36-22-12-16(11-19(28)25(22)37-15-24(33)31-17-7-4-3-5-8-17)13-23-26(34)32(27(35)38-23)14-18-20(29)9-6-10-21(18)30/h3-13H,2,14-15H2,1H3,(H,31,33)/b23-13-. The maximum absolute atomic E-state index is 13.1. The van der Waals surface area contributed by atoms with E-state index in [1.807, 2.05) is 25.1 Å². The lowest BCUT2D eigenvalue weighted by Crippen LogP contribution is -2.27. The van der Waals surface area contributed by atoms with Gasteiger partial charge in [-0.05, 0) is 82.7 Å². The fraction of sp³-hybridized carbons (Fsp3) is 0.148. The molecule has 0 radical (unpaired) electrons. The van der Waals surface area contributed by atoms with Crippen molar-refractivity contribution >= 4 is 79.7 Å². The van der Waals surface area contributed by atoms with Crippen molar-refractivity contribution in [3.8, 4) is 11.5 Å². The minimum atomic E-state index is -0.456. The molecule has 3 aromatic carbocycles. The second-order valence-corrected chi connectivity index (χ2v) is 10.6. The minimum absolute atomic E-state index is 0.0355. The molecule has 11 heteroatoms. The van der Waals surface area contributed by atoms with E-state index < -0.39 is 11.1 Å². The van der Waals surface area contributed by atoms with Crippen LogP contribution in [0.4, 0.5) is 10.5 Å².